The van der Waals surface area contributed by atoms with Crippen molar-refractivity contribution >= 4 is 28.2 Å². The van der Waals surface area contributed by atoms with Crippen molar-refractivity contribution in [3.05, 3.63) is 40.9 Å². The number of benzene rings is 1. The predicted octanol–water partition coefficient (Wildman–Crippen LogP) is 3.77. The van der Waals surface area contributed by atoms with Crippen LogP contribution in [-0.2, 0) is 0 Å². The molecule has 2 amide bonds. The Bertz CT molecular complexity index is 594. The van der Waals surface area contributed by atoms with Gasteiger partial charge in [-0.1, -0.05) is 24.6 Å². The molecule has 1 aromatic heterocycles. The van der Waals surface area contributed by atoms with Crippen LogP contribution in [0.2, 0.25) is 0 Å². The minimum atomic E-state index is -0.282. The standard InChI is InChI=1S/C15H20N4OS/c1-4-16-11(3)13-9-21-15(18-13)19-14(20)17-12-7-5-10(2)6-8-12/h5-9,11,16H,4H2,1-3H3,(H2,17,18,19,20). The van der Waals surface area contributed by atoms with Crippen LogP contribution in [-0.4, -0.2) is 17.6 Å². The van der Waals surface area contributed by atoms with Gasteiger partial charge >= 0.3 is 6.03 Å². The van der Waals surface area contributed by atoms with E-state index in [4.69, 9.17) is 0 Å². The Morgan fingerprint density at radius 2 is 2.00 bits per heavy atom. The minimum absolute atomic E-state index is 0.182. The van der Waals surface area contributed by atoms with E-state index in [1.165, 1.54) is 11.3 Å². The van der Waals surface area contributed by atoms with E-state index >= 15 is 0 Å². The Morgan fingerprint density at radius 1 is 1.29 bits per heavy atom. The van der Waals surface area contributed by atoms with Crippen LogP contribution in [0.3, 0.4) is 0 Å². The predicted molar refractivity (Wildman–Crippen MR) is 88.0 cm³/mol. The zero-order valence-electron chi connectivity index (χ0n) is 12.4. The van der Waals surface area contributed by atoms with Gasteiger partial charge in [-0.25, -0.2) is 9.78 Å². The van der Waals surface area contributed by atoms with Crippen molar-refractivity contribution in [2.24, 2.45) is 0 Å². The van der Waals surface area contributed by atoms with Gasteiger partial charge in [-0.15, -0.1) is 11.3 Å². The highest BCUT2D eigenvalue weighted by atomic mass is 32.1. The molecule has 0 aliphatic rings. The second-order valence-electron chi connectivity index (χ2n) is 4.80. The van der Waals surface area contributed by atoms with Crippen molar-refractivity contribution in [1.29, 1.82) is 0 Å². The van der Waals surface area contributed by atoms with Crippen LogP contribution in [0.5, 0.6) is 0 Å². The van der Waals surface area contributed by atoms with Crippen LogP contribution in [0.15, 0.2) is 29.6 Å². The number of nitrogens with one attached hydrogen (secondary N) is 3. The Kier molecular flexibility index (Phi) is 5.30. The summed E-state index contributed by atoms with van der Waals surface area (Å²) in [7, 11) is 0. The second kappa shape index (κ2) is 7.19. The fourth-order valence-corrected chi connectivity index (χ4v) is 2.65. The smallest absolute Gasteiger partial charge is 0.309 e. The summed E-state index contributed by atoms with van der Waals surface area (Å²) in [6, 6.07) is 7.55. The summed E-state index contributed by atoms with van der Waals surface area (Å²) < 4.78 is 0. The van der Waals surface area contributed by atoms with Crippen LogP contribution in [0.4, 0.5) is 15.6 Å². The molecule has 112 valence electrons. The summed E-state index contributed by atoms with van der Waals surface area (Å²) in [6.07, 6.45) is 0. The van der Waals surface area contributed by atoms with Crippen molar-refractivity contribution in [1.82, 2.24) is 10.3 Å². The molecule has 1 aromatic carbocycles. The SMILES string of the molecule is CCNC(C)c1csc(NC(=O)Nc2ccc(C)cc2)n1. The van der Waals surface area contributed by atoms with Gasteiger partial charge < -0.3 is 10.6 Å². The van der Waals surface area contributed by atoms with Crippen molar-refractivity contribution in [2.45, 2.75) is 26.8 Å². The molecular weight excluding hydrogens is 284 g/mol. The molecule has 0 aliphatic carbocycles. The first-order chi connectivity index (χ1) is 10.1. The van der Waals surface area contributed by atoms with E-state index in [1.807, 2.05) is 36.6 Å². The number of aryl methyl sites for hydroxylation is 1. The van der Waals surface area contributed by atoms with Crippen molar-refractivity contribution in [3.8, 4) is 0 Å². The van der Waals surface area contributed by atoms with Gasteiger partial charge in [-0.3, -0.25) is 5.32 Å². The second-order valence-corrected chi connectivity index (χ2v) is 5.66. The molecular formula is C15H20N4OS. The number of urea groups is 1. The molecule has 0 spiro atoms. The largest absolute Gasteiger partial charge is 0.325 e. The molecule has 0 saturated carbocycles. The molecule has 0 fully saturated rings. The maximum Gasteiger partial charge on any atom is 0.325 e. The molecule has 0 bridgehead atoms. The summed E-state index contributed by atoms with van der Waals surface area (Å²) in [6.45, 7) is 6.99. The Hall–Kier alpha value is -1.92. The molecule has 2 aromatic rings. The third-order valence-corrected chi connectivity index (χ3v) is 3.78. The van der Waals surface area contributed by atoms with Crippen molar-refractivity contribution < 1.29 is 4.79 Å². The number of thiazole rings is 1. The lowest BCUT2D eigenvalue weighted by molar-refractivity contribution is 0.262. The zero-order chi connectivity index (χ0) is 15.2. The van der Waals surface area contributed by atoms with Gasteiger partial charge in [0.1, 0.15) is 0 Å². The third kappa shape index (κ3) is 4.54. The van der Waals surface area contributed by atoms with Crippen molar-refractivity contribution in [2.75, 3.05) is 17.2 Å². The lowest BCUT2D eigenvalue weighted by Gasteiger charge is -2.08. The molecule has 21 heavy (non-hydrogen) atoms. The van der Waals surface area contributed by atoms with Crippen molar-refractivity contribution in [3.63, 3.8) is 0 Å². The minimum Gasteiger partial charge on any atom is -0.309 e. The monoisotopic (exact) mass is 304 g/mol. The zero-order valence-corrected chi connectivity index (χ0v) is 13.3. The number of amides is 2. The van der Waals surface area contributed by atoms with Gasteiger partial charge in [-0.2, -0.15) is 0 Å². The first-order valence-corrected chi connectivity index (χ1v) is 7.80. The van der Waals surface area contributed by atoms with E-state index < -0.39 is 0 Å². The van der Waals surface area contributed by atoms with E-state index in [1.54, 1.807) is 0 Å². The average molecular weight is 304 g/mol. The van der Waals surface area contributed by atoms with Crippen LogP contribution in [0.1, 0.15) is 31.1 Å². The van der Waals surface area contributed by atoms with Gasteiger partial charge in [0.25, 0.3) is 0 Å². The number of hydrogen-bond acceptors (Lipinski definition) is 4. The highest BCUT2D eigenvalue weighted by Gasteiger charge is 2.10. The molecule has 0 aliphatic heterocycles. The Morgan fingerprint density at radius 3 is 2.67 bits per heavy atom. The number of anilines is 2. The number of nitrogens with zero attached hydrogens (tertiary/aromatic N) is 1. The third-order valence-electron chi connectivity index (χ3n) is 3.01. The first-order valence-electron chi connectivity index (χ1n) is 6.92. The summed E-state index contributed by atoms with van der Waals surface area (Å²) in [4.78, 5) is 16.3. The number of rotatable bonds is 5. The highest BCUT2D eigenvalue weighted by molar-refractivity contribution is 7.13. The quantitative estimate of drug-likeness (QED) is 0.788. The number of aromatic nitrogens is 1. The molecule has 1 heterocycles. The van der Waals surface area contributed by atoms with Gasteiger partial charge in [0.15, 0.2) is 5.13 Å². The van der Waals surface area contributed by atoms with E-state index in [0.717, 1.165) is 23.5 Å². The van der Waals surface area contributed by atoms with Gasteiger partial charge in [0.05, 0.1) is 5.69 Å². The molecule has 0 radical (unpaired) electrons. The maximum absolute atomic E-state index is 11.9. The van der Waals surface area contributed by atoms with Crippen LogP contribution >= 0.6 is 11.3 Å². The molecule has 2 rings (SSSR count). The normalized spacial score (nSPS) is 12.0. The molecule has 1 unspecified atom stereocenters. The Labute approximate surface area is 128 Å². The number of carbonyl (C=O) groups is 1. The maximum atomic E-state index is 11.9. The highest BCUT2D eigenvalue weighted by Crippen LogP contribution is 2.20. The lowest BCUT2D eigenvalue weighted by Crippen LogP contribution is -2.20. The van der Waals surface area contributed by atoms with Crippen LogP contribution in [0, 0.1) is 6.92 Å². The van der Waals surface area contributed by atoms with E-state index in [-0.39, 0.29) is 12.1 Å². The fourth-order valence-electron chi connectivity index (χ4n) is 1.85. The van der Waals surface area contributed by atoms with Gasteiger partial charge in [0, 0.05) is 17.1 Å². The van der Waals surface area contributed by atoms with Crippen LogP contribution in [0.25, 0.3) is 0 Å². The number of carbonyl (C=O) groups excluding carboxylic acids is 1. The number of hydrogen-bond donors (Lipinski definition) is 3. The molecule has 0 saturated heterocycles. The van der Waals surface area contributed by atoms with E-state index in [9.17, 15) is 4.79 Å². The van der Waals surface area contributed by atoms with Gasteiger partial charge in [-0.05, 0) is 32.5 Å². The van der Waals surface area contributed by atoms with E-state index in [2.05, 4.69) is 34.8 Å². The van der Waals surface area contributed by atoms with E-state index in [0.29, 0.717) is 5.13 Å². The summed E-state index contributed by atoms with van der Waals surface area (Å²) in [5.74, 6) is 0. The molecule has 5 nitrogen and oxygen atoms in total. The molecule has 3 N–H and O–H groups in total. The topological polar surface area (TPSA) is 66.0 Å². The summed E-state index contributed by atoms with van der Waals surface area (Å²) in [5.41, 5.74) is 2.85. The van der Waals surface area contributed by atoms with Gasteiger partial charge in [0.2, 0.25) is 0 Å². The molecule has 6 heteroatoms. The first kappa shape index (κ1) is 15.5. The molecule has 1 atom stereocenters. The average Bonchev–Trinajstić information content (AvgIpc) is 2.90. The fraction of sp³-hybridized carbons (Fsp3) is 0.333. The summed E-state index contributed by atoms with van der Waals surface area (Å²) in [5, 5.41) is 11.4. The summed E-state index contributed by atoms with van der Waals surface area (Å²) >= 11 is 1.42. The van der Waals surface area contributed by atoms with Crippen LogP contribution < -0.4 is 16.0 Å². The lowest BCUT2D eigenvalue weighted by atomic mass is 10.2. The Balaban J connectivity index is 1.92.